The molecule has 0 unspecified atom stereocenters. The van der Waals surface area contributed by atoms with Gasteiger partial charge in [0.25, 0.3) is 0 Å². The molecule has 0 aromatic heterocycles. The fourth-order valence-corrected chi connectivity index (χ4v) is 5.37. The van der Waals surface area contributed by atoms with Crippen LogP contribution in [0, 0.1) is 0 Å². The minimum absolute atomic E-state index is 0.0429. The van der Waals surface area contributed by atoms with E-state index in [2.05, 4.69) is 5.32 Å². The smallest absolute Gasteiger partial charge is 0.416 e. The van der Waals surface area contributed by atoms with Crippen molar-refractivity contribution in [2.24, 2.45) is 0 Å². The third-order valence-electron chi connectivity index (χ3n) is 3.97. The van der Waals surface area contributed by atoms with Crippen molar-refractivity contribution in [3.8, 4) is 0 Å². The Morgan fingerprint density at radius 1 is 1.35 bits per heavy atom. The predicted molar refractivity (Wildman–Crippen MR) is 87.5 cm³/mol. The number of carbonyl (C=O) groups is 2. The summed E-state index contributed by atoms with van der Waals surface area (Å²) in [4.78, 5) is 24.5. The van der Waals surface area contributed by atoms with Crippen LogP contribution >= 0.6 is 11.8 Å². The predicted octanol–water partition coefficient (Wildman–Crippen LogP) is 2.24. The largest absolute Gasteiger partial charge is 0.461 e. The number of rotatable bonds is 3. The number of alkyl halides is 3. The van der Waals surface area contributed by atoms with Crippen LogP contribution in [-0.2, 0) is 30.3 Å². The number of ether oxygens (including phenoxy) is 1. The van der Waals surface area contributed by atoms with Crippen LogP contribution in [0.4, 0.5) is 18.9 Å². The molecule has 1 aromatic rings. The SMILES string of the molecule is O=C(C[C@H]1Sc2ccc(C(F)(F)F)cc2NC1=O)O[C@@H]1CCS(=O)(=O)C1. The maximum Gasteiger partial charge on any atom is 0.416 e. The van der Waals surface area contributed by atoms with Gasteiger partial charge in [0.15, 0.2) is 9.84 Å². The normalized spacial score (nSPS) is 24.7. The van der Waals surface area contributed by atoms with Crippen molar-refractivity contribution in [2.45, 2.75) is 35.3 Å². The number of halogens is 3. The van der Waals surface area contributed by atoms with Gasteiger partial charge in [-0.3, -0.25) is 9.59 Å². The molecule has 2 heterocycles. The molecule has 0 radical (unpaired) electrons. The minimum atomic E-state index is -4.52. The lowest BCUT2D eigenvalue weighted by Gasteiger charge is -2.24. The first-order valence-electron chi connectivity index (χ1n) is 7.62. The van der Waals surface area contributed by atoms with Crippen LogP contribution in [0.2, 0.25) is 0 Å². The topological polar surface area (TPSA) is 89.5 Å². The highest BCUT2D eigenvalue weighted by atomic mass is 32.2. The molecule has 0 aliphatic carbocycles. The quantitative estimate of drug-likeness (QED) is 0.771. The van der Waals surface area contributed by atoms with E-state index < -0.39 is 44.8 Å². The molecule has 0 spiro atoms. The van der Waals surface area contributed by atoms with E-state index in [4.69, 9.17) is 4.74 Å². The molecule has 3 rings (SSSR count). The molecule has 0 saturated carbocycles. The number of anilines is 1. The zero-order valence-corrected chi connectivity index (χ0v) is 14.8. The molecule has 142 valence electrons. The Labute approximate surface area is 151 Å². The van der Waals surface area contributed by atoms with Gasteiger partial charge in [0.2, 0.25) is 5.91 Å². The average Bonchev–Trinajstić information content (AvgIpc) is 2.85. The van der Waals surface area contributed by atoms with Gasteiger partial charge in [0.1, 0.15) is 6.10 Å². The highest BCUT2D eigenvalue weighted by Gasteiger charge is 2.36. The number of hydrogen-bond donors (Lipinski definition) is 1. The van der Waals surface area contributed by atoms with Gasteiger partial charge in [-0.15, -0.1) is 11.8 Å². The fraction of sp³-hybridized carbons (Fsp3) is 0.467. The van der Waals surface area contributed by atoms with Gasteiger partial charge in [-0.05, 0) is 24.6 Å². The number of sulfone groups is 1. The maximum atomic E-state index is 12.7. The Morgan fingerprint density at radius 2 is 2.08 bits per heavy atom. The number of hydrogen-bond acceptors (Lipinski definition) is 6. The van der Waals surface area contributed by atoms with E-state index in [1.807, 2.05) is 0 Å². The first-order chi connectivity index (χ1) is 12.0. The highest BCUT2D eigenvalue weighted by Crippen LogP contribution is 2.40. The summed E-state index contributed by atoms with van der Waals surface area (Å²) in [5.74, 6) is -1.59. The molecule has 1 amide bonds. The molecule has 2 aliphatic heterocycles. The summed E-state index contributed by atoms with van der Waals surface area (Å²) in [6.07, 6.45) is -5.31. The standard InChI is InChI=1S/C15H14F3NO5S2/c16-15(17,18)8-1-2-11-10(5-8)19-14(21)12(25-11)6-13(20)24-9-3-4-26(22,23)7-9/h1-2,5,9,12H,3-4,6-7H2,(H,19,21)/t9-,12-/m1/s1. The number of amides is 1. The second-order valence-corrected chi connectivity index (χ2v) is 9.50. The molecule has 1 N–H and O–H groups in total. The summed E-state index contributed by atoms with van der Waals surface area (Å²) in [5.41, 5.74) is -0.834. The molecule has 1 aromatic carbocycles. The van der Waals surface area contributed by atoms with Gasteiger partial charge in [0.05, 0.1) is 34.4 Å². The first-order valence-corrected chi connectivity index (χ1v) is 10.3. The molecular weight excluding hydrogens is 395 g/mol. The lowest BCUT2D eigenvalue weighted by Crippen LogP contribution is -2.32. The molecule has 11 heteroatoms. The first kappa shape index (κ1) is 19.0. The van der Waals surface area contributed by atoms with Gasteiger partial charge in [0, 0.05) is 4.90 Å². The molecule has 1 fully saturated rings. The van der Waals surface area contributed by atoms with Crippen LogP contribution in [0.1, 0.15) is 18.4 Å². The third-order valence-corrected chi connectivity index (χ3v) is 6.98. The maximum absolute atomic E-state index is 12.7. The van der Waals surface area contributed by atoms with E-state index in [9.17, 15) is 31.2 Å². The lowest BCUT2D eigenvalue weighted by atomic mass is 10.1. The van der Waals surface area contributed by atoms with E-state index in [-0.39, 0.29) is 30.0 Å². The molecule has 26 heavy (non-hydrogen) atoms. The van der Waals surface area contributed by atoms with Crippen LogP contribution in [-0.4, -0.2) is 43.2 Å². The van der Waals surface area contributed by atoms with Crippen LogP contribution in [0.25, 0.3) is 0 Å². The van der Waals surface area contributed by atoms with Gasteiger partial charge in [-0.1, -0.05) is 0 Å². The minimum Gasteiger partial charge on any atom is -0.461 e. The van der Waals surface area contributed by atoms with Gasteiger partial charge >= 0.3 is 12.1 Å². The Hall–Kier alpha value is -1.75. The van der Waals surface area contributed by atoms with Crippen molar-refractivity contribution in [3.63, 3.8) is 0 Å². The second-order valence-electron chi connectivity index (χ2n) is 6.02. The van der Waals surface area contributed by atoms with Gasteiger partial charge < -0.3 is 10.1 Å². The number of carbonyl (C=O) groups excluding carboxylic acids is 2. The monoisotopic (exact) mass is 409 g/mol. The Balaban J connectivity index is 1.64. The van der Waals surface area contributed by atoms with Crippen molar-refractivity contribution in [1.82, 2.24) is 0 Å². The zero-order valence-electron chi connectivity index (χ0n) is 13.2. The second kappa shape index (κ2) is 6.76. The van der Waals surface area contributed by atoms with Crippen molar-refractivity contribution >= 4 is 39.2 Å². The van der Waals surface area contributed by atoms with E-state index in [1.165, 1.54) is 6.07 Å². The molecule has 0 bridgehead atoms. The summed E-state index contributed by atoms with van der Waals surface area (Å²) in [5, 5.41) is 1.51. The Kier molecular flexibility index (Phi) is 4.95. The van der Waals surface area contributed by atoms with Gasteiger partial charge in [-0.25, -0.2) is 8.42 Å². The summed E-state index contributed by atoms with van der Waals surface area (Å²) in [6, 6.07) is 2.99. The number of fused-ring (bicyclic) bond motifs is 1. The van der Waals surface area contributed by atoms with E-state index in [0.717, 1.165) is 23.9 Å². The Morgan fingerprint density at radius 3 is 2.69 bits per heavy atom. The summed E-state index contributed by atoms with van der Waals surface area (Å²) < 4.78 is 66.0. The van der Waals surface area contributed by atoms with Gasteiger partial charge in [-0.2, -0.15) is 13.2 Å². The summed E-state index contributed by atoms with van der Waals surface area (Å²) in [7, 11) is -3.19. The van der Waals surface area contributed by atoms with Crippen LogP contribution < -0.4 is 5.32 Å². The Bertz CT molecular complexity index is 853. The summed E-state index contributed by atoms with van der Waals surface area (Å²) >= 11 is 0.972. The lowest BCUT2D eigenvalue weighted by molar-refractivity contribution is -0.148. The zero-order chi connectivity index (χ0) is 19.1. The molecule has 2 atom stereocenters. The third kappa shape index (κ3) is 4.32. The van der Waals surface area contributed by atoms with E-state index in [1.54, 1.807) is 0 Å². The van der Waals surface area contributed by atoms with Crippen LogP contribution in [0.5, 0.6) is 0 Å². The van der Waals surface area contributed by atoms with E-state index >= 15 is 0 Å². The number of thioether (sulfide) groups is 1. The number of nitrogens with one attached hydrogen (secondary N) is 1. The van der Waals surface area contributed by atoms with Crippen molar-refractivity contribution < 1.29 is 35.9 Å². The van der Waals surface area contributed by atoms with Crippen LogP contribution in [0.3, 0.4) is 0 Å². The van der Waals surface area contributed by atoms with Crippen molar-refractivity contribution in [3.05, 3.63) is 23.8 Å². The molecule has 2 aliphatic rings. The van der Waals surface area contributed by atoms with E-state index in [0.29, 0.717) is 4.90 Å². The highest BCUT2D eigenvalue weighted by molar-refractivity contribution is 8.01. The van der Waals surface area contributed by atoms with Crippen LogP contribution in [0.15, 0.2) is 23.1 Å². The van der Waals surface area contributed by atoms with Crippen molar-refractivity contribution in [2.75, 3.05) is 16.8 Å². The fourth-order valence-electron chi connectivity index (χ4n) is 2.70. The number of esters is 1. The molecule has 1 saturated heterocycles. The van der Waals surface area contributed by atoms with Crippen molar-refractivity contribution in [1.29, 1.82) is 0 Å². The number of benzene rings is 1. The molecule has 6 nitrogen and oxygen atoms in total. The summed E-state index contributed by atoms with van der Waals surface area (Å²) in [6.45, 7) is 0. The average molecular weight is 409 g/mol. The molecular formula is C15H14F3NO5S2.